The third-order valence-corrected chi connectivity index (χ3v) is 6.35. The summed E-state index contributed by atoms with van der Waals surface area (Å²) in [5.74, 6) is 0.549. The SMILES string of the molecule is Cc1cccc2cc(CNC(=O)c3nccnc3N)c(N(C)CCN(C)C(=O)[C@@H]3CCCN3)nc12. The van der Waals surface area contributed by atoms with E-state index in [2.05, 4.69) is 20.6 Å². The minimum absolute atomic E-state index is 0.0825. The monoisotopic (exact) mass is 476 g/mol. The van der Waals surface area contributed by atoms with Crippen molar-refractivity contribution in [3.63, 3.8) is 0 Å². The molecular weight excluding hydrogens is 444 g/mol. The molecule has 4 rings (SSSR count). The molecule has 0 spiro atoms. The lowest BCUT2D eigenvalue weighted by Crippen LogP contribution is -2.44. The normalized spacial score (nSPS) is 15.2. The van der Waals surface area contributed by atoms with E-state index in [0.717, 1.165) is 47.2 Å². The fourth-order valence-electron chi connectivity index (χ4n) is 4.30. The van der Waals surface area contributed by atoms with Gasteiger partial charge in [0, 0.05) is 57.1 Å². The van der Waals surface area contributed by atoms with E-state index in [4.69, 9.17) is 10.7 Å². The Labute approximate surface area is 204 Å². The summed E-state index contributed by atoms with van der Waals surface area (Å²) in [7, 11) is 3.78. The van der Waals surface area contributed by atoms with Crippen LogP contribution in [0, 0.1) is 6.92 Å². The number of para-hydroxylation sites is 1. The number of benzene rings is 1. The standard InChI is InChI=1S/C25H32N8O2/c1-16-6-4-7-17-14-18(15-30-24(34)21-22(26)29-11-10-28-21)23(31-20(16)17)32(2)12-13-33(3)25(35)19-8-5-9-27-19/h4,6-7,10-11,14,19,27H,5,8-9,12-13,15H2,1-3H3,(H2,26,29)(H,30,34)/t19-/m0/s1. The summed E-state index contributed by atoms with van der Waals surface area (Å²) in [4.78, 5) is 42.1. The lowest BCUT2D eigenvalue weighted by atomic mass is 10.1. The molecule has 10 nitrogen and oxygen atoms in total. The molecule has 0 radical (unpaired) electrons. The van der Waals surface area contributed by atoms with Gasteiger partial charge in [-0.1, -0.05) is 18.2 Å². The summed E-state index contributed by atoms with van der Waals surface area (Å²) < 4.78 is 0. The highest BCUT2D eigenvalue weighted by Crippen LogP contribution is 2.25. The summed E-state index contributed by atoms with van der Waals surface area (Å²) in [5, 5.41) is 7.14. The first kappa shape index (κ1) is 24.3. The van der Waals surface area contributed by atoms with Crippen molar-refractivity contribution in [2.45, 2.75) is 32.4 Å². The number of hydrogen-bond acceptors (Lipinski definition) is 8. The highest BCUT2D eigenvalue weighted by Gasteiger charge is 2.25. The number of amides is 2. The average molecular weight is 477 g/mol. The second kappa shape index (κ2) is 10.6. The summed E-state index contributed by atoms with van der Waals surface area (Å²) in [6, 6.07) is 7.97. The zero-order chi connectivity index (χ0) is 24.9. The summed E-state index contributed by atoms with van der Waals surface area (Å²) in [6.45, 7) is 4.31. The number of likely N-dealkylation sites (N-methyl/N-ethyl adjacent to an activating group) is 2. The van der Waals surface area contributed by atoms with Crippen LogP contribution in [0.25, 0.3) is 10.9 Å². The van der Waals surface area contributed by atoms with Crippen molar-refractivity contribution in [1.82, 2.24) is 30.5 Å². The minimum Gasteiger partial charge on any atom is -0.382 e. The summed E-state index contributed by atoms with van der Waals surface area (Å²) >= 11 is 0. The fourth-order valence-corrected chi connectivity index (χ4v) is 4.30. The molecule has 0 bridgehead atoms. The van der Waals surface area contributed by atoms with E-state index in [1.54, 1.807) is 4.90 Å². The molecule has 1 aromatic carbocycles. The zero-order valence-corrected chi connectivity index (χ0v) is 20.4. The third kappa shape index (κ3) is 5.48. The van der Waals surface area contributed by atoms with Gasteiger partial charge in [0.1, 0.15) is 5.82 Å². The van der Waals surface area contributed by atoms with E-state index in [1.165, 1.54) is 12.4 Å². The van der Waals surface area contributed by atoms with Crippen molar-refractivity contribution < 1.29 is 9.59 Å². The molecule has 10 heteroatoms. The molecule has 0 unspecified atom stereocenters. The molecule has 2 aromatic heterocycles. The Kier molecular flexibility index (Phi) is 7.40. The van der Waals surface area contributed by atoms with Crippen molar-refractivity contribution in [1.29, 1.82) is 0 Å². The number of rotatable bonds is 8. The molecule has 3 heterocycles. The maximum absolute atomic E-state index is 12.7. The van der Waals surface area contributed by atoms with Crippen molar-refractivity contribution in [2.24, 2.45) is 0 Å². The number of aryl methyl sites for hydroxylation is 1. The van der Waals surface area contributed by atoms with Crippen LogP contribution in [-0.2, 0) is 11.3 Å². The number of nitrogens with zero attached hydrogens (tertiary/aromatic N) is 5. The Morgan fingerprint density at radius 3 is 2.74 bits per heavy atom. The van der Waals surface area contributed by atoms with Gasteiger partial charge in [-0.2, -0.15) is 0 Å². The Bertz CT molecular complexity index is 1230. The fraction of sp³-hybridized carbons (Fsp3) is 0.400. The van der Waals surface area contributed by atoms with E-state index in [1.807, 2.05) is 50.2 Å². The number of nitrogens with two attached hydrogens (primary N) is 1. The molecule has 1 atom stereocenters. The van der Waals surface area contributed by atoms with Crippen LogP contribution in [-0.4, -0.2) is 71.4 Å². The van der Waals surface area contributed by atoms with E-state index < -0.39 is 5.91 Å². The van der Waals surface area contributed by atoms with Gasteiger partial charge < -0.3 is 26.2 Å². The zero-order valence-electron chi connectivity index (χ0n) is 20.4. The Morgan fingerprint density at radius 2 is 2.00 bits per heavy atom. The molecule has 184 valence electrons. The van der Waals surface area contributed by atoms with Crippen LogP contribution in [0.1, 0.15) is 34.5 Å². The van der Waals surface area contributed by atoms with Gasteiger partial charge in [0.25, 0.3) is 5.91 Å². The van der Waals surface area contributed by atoms with Gasteiger partial charge in [-0.3, -0.25) is 9.59 Å². The van der Waals surface area contributed by atoms with Gasteiger partial charge in [0.15, 0.2) is 11.5 Å². The maximum Gasteiger partial charge on any atom is 0.273 e. The number of pyridine rings is 1. The molecule has 35 heavy (non-hydrogen) atoms. The predicted molar refractivity (Wildman–Crippen MR) is 136 cm³/mol. The Morgan fingerprint density at radius 1 is 1.20 bits per heavy atom. The minimum atomic E-state index is -0.400. The van der Waals surface area contributed by atoms with Crippen LogP contribution in [0.15, 0.2) is 36.7 Å². The highest BCUT2D eigenvalue weighted by atomic mass is 16.2. The average Bonchev–Trinajstić information content (AvgIpc) is 3.40. The number of hydrogen-bond donors (Lipinski definition) is 3. The molecule has 0 aliphatic carbocycles. The molecule has 1 aliphatic rings. The van der Waals surface area contributed by atoms with E-state index in [-0.39, 0.29) is 30.0 Å². The van der Waals surface area contributed by atoms with Crippen LogP contribution in [0.5, 0.6) is 0 Å². The number of fused-ring (bicyclic) bond motifs is 1. The first-order valence-corrected chi connectivity index (χ1v) is 11.8. The van der Waals surface area contributed by atoms with Gasteiger partial charge in [-0.05, 0) is 37.9 Å². The van der Waals surface area contributed by atoms with Crippen molar-refractivity contribution in [3.05, 3.63) is 53.5 Å². The Balaban J connectivity index is 1.53. The third-order valence-electron chi connectivity index (χ3n) is 6.35. The first-order chi connectivity index (χ1) is 16.8. The smallest absolute Gasteiger partial charge is 0.273 e. The van der Waals surface area contributed by atoms with Gasteiger partial charge in [-0.25, -0.2) is 15.0 Å². The largest absolute Gasteiger partial charge is 0.382 e. The topological polar surface area (TPSA) is 129 Å². The lowest BCUT2D eigenvalue weighted by molar-refractivity contribution is -0.131. The molecule has 4 N–H and O–H groups in total. The first-order valence-electron chi connectivity index (χ1n) is 11.8. The van der Waals surface area contributed by atoms with E-state index >= 15 is 0 Å². The van der Waals surface area contributed by atoms with Gasteiger partial charge in [0.2, 0.25) is 5.91 Å². The van der Waals surface area contributed by atoms with Crippen molar-refractivity contribution in [2.75, 3.05) is 44.4 Å². The number of carbonyl (C=O) groups excluding carboxylic acids is 2. The molecule has 1 aliphatic heterocycles. The molecule has 0 saturated carbocycles. The molecule has 2 amide bonds. The van der Waals surface area contributed by atoms with Gasteiger partial charge in [-0.15, -0.1) is 0 Å². The maximum atomic E-state index is 12.7. The van der Waals surface area contributed by atoms with E-state index in [9.17, 15) is 9.59 Å². The van der Waals surface area contributed by atoms with Crippen LogP contribution >= 0.6 is 0 Å². The van der Waals surface area contributed by atoms with Gasteiger partial charge in [0.05, 0.1) is 11.6 Å². The second-order valence-corrected chi connectivity index (χ2v) is 8.92. The number of nitrogens with one attached hydrogen (secondary N) is 2. The second-order valence-electron chi connectivity index (χ2n) is 8.92. The highest BCUT2D eigenvalue weighted by molar-refractivity contribution is 5.96. The van der Waals surface area contributed by atoms with E-state index in [0.29, 0.717) is 13.1 Å². The van der Waals surface area contributed by atoms with Crippen molar-refractivity contribution in [3.8, 4) is 0 Å². The summed E-state index contributed by atoms with van der Waals surface area (Å²) in [5.41, 5.74) is 8.72. The van der Waals surface area contributed by atoms with Crippen LogP contribution in [0.3, 0.4) is 0 Å². The lowest BCUT2D eigenvalue weighted by Gasteiger charge is -2.27. The molecule has 1 fully saturated rings. The number of carbonyl (C=O) groups is 2. The van der Waals surface area contributed by atoms with Crippen LogP contribution in [0.4, 0.5) is 11.6 Å². The number of anilines is 2. The summed E-state index contributed by atoms with van der Waals surface area (Å²) in [6.07, 6.45) is 4.79. The van der Waals surface area contributed by atoms with Crippen LogP contribution < -0.4 is 21.3 Å². The molecule has 3 aromatic rings. The van der Waals surface area contributed by atoms with Crippen molar-refractivity contribution >= 4 is 34.4 Å². The van der Waals surface area contributed by atoms with Crippen LogP contribution in [0.2, 0.25) is 0 Å². The quantitative estimate of drug-likeness (QED) is 0.446. The molecular formula is C25H32N8O2. The predicted octanol–water partition coefficient (Wildman–Crippen LogP) is 1.49. The Hall–Kier alpha value is -3.79. The number of aromatic nitrogens is 3. The molecule has 1 saturated heterocycles. The van der Waals surface area contributed by atoms with Gasteiger partial charge >= 0.3 is 0 Å². The number of nitrogen functional groups attached to an aromatic ring is 1.